The molecule has 1 spiro atoms. The molecule has 2 aromatic heterocycles. The molecule has 35 heavy (non-hydrogen) atoms. The monoisotopic (exact) mass is 537 g/mol. The van der Waals surface area contributed by atoms with Gasteiger partial charge in [0.05, 0.1) is 17.3 Å². The second-order valence-electron chi connectivity index (χ2n) is 10.7. The van der Waals surface area contributed by atoms with Gasteiger partial charge in [0.15, 0.2) is 5.82 Å². The molecule has 0 bridgehead atoms. The minimum atomic E-state index is -1.05. The average molecular weight is 538 g/mol. The summed E-state index contributed by atoms with van der Waals surface area (Å²) in [5, 5.41) is 1.20. The van der Waals surface area contributed by atoms with Crippen LogP contribution in [0.1, 0.15) is 52.9 Å². The van der Waals surface area contributed by atoms with Crippen LogP contribution >= 0.6 is 23.4 Å². The number of anilines is 3. The van der Waals surface area contributed by atoms with E-state index in [1.54, 1.807) is 12.4 Å². The summed E-state index contributed by atoms with van der Waals surface area (Å²) < 4.78 is 16.0. The van der Waals surface area contributed by atoms with E-state index in [2.05, 4.69) is 24.6 Å². The molecule has 8 nitrogen and oxygen atoms in total. The highest BCUT2D eigenvalue weighted by atomic mass is 35.5. The van der Waals surface area contributed by atoms with Crippen LogP contribution in [0.3, 0.4) is 0 Å². The number of aromatic nitrogens is 3. The summed E-state index contributed by atoms with van der Waals surface area (Å²) in [4.78, 5) is 18.6. The molecular weight excluding hydrogens is 502 g/mol. The highest BCUT2D eigenvalue weighted by Crippen LogP contribution is 2.47. The molecule has 1 saturated carbocycles. The fourth-order valence-corrected chi connectivity index (χ4v) is 7.08. The van der Waals surface area contributed by atoms with Crippen molar-refractivity contribution in [2.24, 2.45) is 5.41 Å². The van der Waals surface area contributed by atoms with Crippen molar-refractivity contribution < 1.29 is 4.55 Å². The lowest BCUT2D eigenvalue weighted by Gasteiger charge is -2.44. The Morgan fingerprint density at radius 2 is 1.97 bits per heavy atom. The maximum atomic E-state index is 12.7. The van der Waals surface area contributed by atoms with Crippen molar-refractivity contribution in [3.8, 4) is 0 Å². The standard InChI is InChI=1S/C24H36ClN7OS2/c1-23(2,3)35(33)30-17-7-6-9-24(17)10-13-32(14-11-24)18-15-28-22(20(26)29-18)34-16-8-12-27-21(19(16)25)31(4)5/h8,12,15,17,30H,6-7,9-11,13-14H2,1-5H3,(H2,26,29)/t17-,35-/m1/s1. The van der Waals surface area contributed by atoms with Crippen LogP contribution in [0.5, 0.6) is 0 Å². The molecule has 192 valence electrons. The first kappa shape index (κ1) is 26.6. The zero-order chi connectivity index (χ0) is 25.4. The highest BCUT2D eigenvalue weighted by molar-refractivity contribution is 7.99. The predicted octanol–water partition coefficient (Wildman–Crippen LogP) is 4.52. The SMILES string of the molecule is CN(C)c1nccc(Sc2ncc(N3CCC4(CCC[C@H]4N[S@+]([O-])C(C)(C)C)CC3)nc2N)c1Cl. The molecule has 2 aliphatic rings. The molecule has 2 fully saturated rings. The Morgan fingerprint density at radius 3 is 2.60 bits per heavy atom. The third kappa shape index (κ3) is 5.77. The van der Waals surface area contributed by atoms with Crippen LogP contribution in [0, 0.1) is 5.41 Å². The second kappa shape index (κ2) is 10.5. The van der Waals surface area contributed by atoms with Gasteiger partial charge in [-0.15, -0.1) is 4.72 Å². The van der Waals surface area contributed by atoms with Crippen molar-refractivity contribution in [1.29, 1.82) is 0 Å². The normalized spacial score (nSPS) is 20.9. The molecule has 1 aliphatic carbocycles. The third-order valence-corrected chi connectivity index (χ3v) is 10.2. The van der Waals surface area contributed by atoms with Crippen LogP contribution in [-0.4, -0.2) is 57.5 Å². The lowest BCUT2D eigenvalue weighted by Crippen LogP contribution is -2.53. The molecule has 0 unspecified atom stereocenters. The predicted molar refractivity (Wildman–Crippen MR) is 147 cm³/mol. The second-order valence-corrected chi connectivity index (χ2v) is 14.1. The van der Waals surface area contributed by atoms with E-state index in [9.17, 15) is 4.55 Å². The molecule has 4 rings (SSSR count). The van der Waals surface area contributed by atoms with Gasteiger partial charge < -0.3 is 20.1 Å². The summed E-state index contributed by atoms with van der Waals surface area (Å²) in [7, 11) is 3.81. The molecule has 2 atom stereocenters. The van der Waals surface area contributed by atoms with Gasteiger partial charge in [-0.2, -0.15) is 0 Å². The van der Waals surface area contributed by atoms with Crippen molar-refractivity contribution in [3.63, 3.8) is 0 Å². The molecule has 0 radical (unpaired) electrons. The van der Waals surface area contributed by atoms with Crippen LogP contribution in [-0.2, 0) is 11.4 Å². The molecule has 1 aliphatic heterocycles. The van der Waals surface area contributed by atoms with E-state index in [0.29, 0.717) is 27.7 Å². The van der Waals surface area contributed by atoms with Crippen molar-refractivity contribution in [1.82, 2.24) is 19.7 Å². The van der Waals surface area contributed by atoms with Gasteiger partial charge in [0, 0.05) is 49.6 Å². The van der Waals surface area contributed by atoms with Crippen molar-refractivity contribution >= 4 is 52.2 Å². The Morgan fingerprint density at radius 1 is 1.26 bits per heavy atom. The van der Waals surface area contributed by atoms with Crippen LogP contribution in [0.2, 0.25) is 5.02 Å². The molecule has 3 heterocycles. The quantitative estimate of drug-likeness (QED) is 0.514. The van der Waals surface area contributed by atoms with Crippen LogP contribution in [0.4, 0.5) is 17.5 Å². The Hall–Kier alpha value is -1.46. The topological polar surface area (TPSA) is 106 Å². The van der Waals surface area contributed by atoms with Crippen LogP contribution < -0.4 is 20.3 Å². The van der Waals surface area contributed by atoms with Gasteiger partial charge in [-0.25, -0.2) is 15.0 Å². The first-order valence-corrected chi connectivity index (χ1v) is 14.4. The smallest absolute Gasteiger partial charge is 0.158 e. The third-order valence-electron chi connectivity index (χ3n) is 7.01. The van der Waals surface area contributed by atoms with Crippen molar-refractivity contribution in [2.75, 3.05) is 42.7 Å². The Kier molecular flexibility index (Phi) is 7.97. The van der Waals surface area contributed by atoms with E-state index in [-0.39, 0.29) is 10.2 Å². The number of nitrogen functional groups attached to an aromatic ring is 1. The maximum Gasteiger partial charge on any atom is 0.158 e. The molecular formula is C24H36ClN7OS2. The van der Waals surface area contributed by atoms with Gasteiger partial charge in [-0.1, -0.05) is 29.8 Å². The number of halogens is 1. The van der Waals surface area contributed by atoms with E-state index < -0.39 is 11.4 Å². The van der Waals surface area contributed by atoms with Gasteiger partial charge >= 0.3 is 0 Å². The van der Waals surface area contributed by atoms with E-state index in [4.69, 9.17) is 17.3 Å². The van der Waals surface area contributed by atoms with Crippen molar-refractivity contribution in [3.05, 3.63) is 23.5 Å². The number of pyridine rings is 1. The van der Waals surface area contributed by atoms with E-state index >= 15 is 0 Å². The molecule has 2 aromatic rings. The number of nitrogens with zero attached hydrogens (tertiary/aromatic N) is 5. The van der Waals surface area contributed by atoms with Crippen LogP contribution in [0.25, 0.3) is 0 Å². The zero-order valence-corrected chi connectivity index (χ0v) is 23.6. The minimum absolute atomic E-state index is 0.203. The largest absolute Gasteiger partial charge is 0.598 e. The summed E-state index contributed by atoms with van der Waals surface area (Å²) in [6.45, 7) is 7.85. The van der Waals surface area contributed by atoms with Crippen LogP contribution in [0.15, 0.2) is 28.4 Å². The summed E-state index contributed by atoms with van der Waals surface area (Å²) in [6, 6.07) is 2.16. The summed E-state index contributed by atoms with van der Waals surface area (Å²) in [5.41, 5.74) is 6.53. The number of hydrogen-bond donors (Lipinski definition) is 2. The maximum absolute atomic E-state index is 12.7. The van der Waals surface area contributed by atoms with Gasteiger partial charge in [0.1, 0.15) is 21.4 Å². The first-order valence-electron chi connectivity index (χ1n) is 12.1. The number of nitrogens with one attached hydrogen (secondary N) is 1. The Balaban J connectivity index is 1.42. The fourth-order valence-electron chi connectivity index (χ4n) is 4.93. The molecule has 11 heteroatoms. The summed E-state index contributed by atoms with van der Waals surface area (Å²) in [5.74, 6) is 1.90. The molecule has 0 amide bonds. The number of piperidine rings is 1. The van der Waals surface area contributed by atoms with Gasteiger partial charge in [-0.3, -0.25) is 0 Å². The number of hydrogen-bond acceptors (Lipinski definition) is 9. The highest BCUT2D eigenvalue weighted by Gasteiger charge is 2.47. The van der Waals surface area contributed by atoms with Crippen molar-refractivity contribution in [2.45, 2.75) is 73.6 Å². The lowest BCUT2D eigenvalue weighted by molar-refractivity contribution is 0.186. The minimum Gasteiger partial charge on any atom is -0.598 e. The zero-order valence-electron chi connectivity index (χ0n) is 21.2. The molecule has 1 saturated heterocycles. The average Bonchev–Trinajstić information content (AvgIpc) is 3.17. The van der Waals surface area contributed by atoms with Gasteiger partial charge in [0.2, 0.25) is 0 Å². The van der Waals surface area contributed by atoms with Gasteiger partial charge in [-0.05, 0) is 57.9 Å². The van der Waals surface area contributed by atoms with Gasteiger partial charge in [0.25, 0.3) is 0 Å². The summed E-state index contributed by atoms with van der Waals surface area (Å²) >= 11 is 6.89. The molecule has 3 N–H and O–H groups in total. The number of rotatable bonds is 6. The Bertz CT molecular complexity index is 1040. The van der Waals surface area contributed by atoms with E-state index in [1.165, 1.54) is 24.6 Å². The molecule has 0 aromatic carbocycles. The van der Waals surface area contributed by atoms with E-state index in [1.807, 2.05) is 45.8 Å². The fraction of sp³-hybridized carbons (Fsp3) is 0.625. The summed E-state index contributed by atoms with van der Waals surface area (Å²) in [6.07, 6.45) is 9.09. The number of nitrogens with two attached hydrogens (primary N) is 1. The lowest BCUT2D eigenvalue weighted by atomic mass is 9.74. The van der Waals surface area contributed by atoms with E-state index in [0.717, 1.165) is 43.1 Å². The Labute approximate surface area is 221 Å². The first-order chi connectivity index (χ1) is 16.5.